The van der Waals surface area contributed by atoms with E-state index in [1.807, 2.05) is 31.2 Å². The third-order valence-electron chi connectivity index (χ3n) is 3.46. The molecule has 8 heteroatoms. The van der Waals surface area contributed by atoms with Crippen LogP contribution < -0.4 is 15.6 Å². The average molecular weight is 339 g/mol. The maximum absolute atomic E-state index is 12.0. The average Bonchev–Trinajstić information content (AvgIpc) is 3.04. The Morgan fingerprint density at radius 2 is 1.84 bits per heavy atom. The number of hydrogen-bond donors (Lipinski definition) is 2. The second-order valence-corrected chi connectivity index (χ2v) is 5.20. The van der Waals surface area contributed by atoms with Gasteiger partial charge in [0.1, 0.15) is 17.8 Å². The fourth-order valence-corrected chi connectivity index (χ4v) is 2.28. The summed E-state index contributed by atoms with van der Waals surface area (Å²) in [5.41, 5.74) is 6.60. The van der Waals surface area contributed by atoms with Gasteiger partial charge in [-0.05, 0) is 43.3 Å². The monoisotopic (exact) mass is 339 g/mol. The van der Waals surface area contributed by atoms with Crippen LogP contribution >= 0.6 is 0 Å². The van der Waals surface area contributed by atoms with Crippen molar-refractivity contribution in [3.63, 3.8) is 0 Å². The van der Waals surface area contributed by atoms with Gasteiger partial charge in [0, 0.05) is 5.56 Å². The van der Waals surface area contributed by atoms with Crippen LogP contribution in [0.15, 0.2) is 48.5 Å². The van der Waals surface area contributed by atoms with E-state index in [1.54, 1.807) is 24.3 Å². The quantitative estimate of drug-likeness (QED) is 0.683. The molecule has 0 spiro atoms. The van der Waals surface area contributed by atoms with Crippen molar-refractivity contribution < 1.29 is 14.3 Å². The summed E-state index contributed by atoms with van der Waals surface area (Å²) < 4.78 is 6.78. The Kier molecular flexibility index (Phi) is 4.89. The normalized spacial score (nSPS) is 10.4. The lowest BCUT2D eigenvalue weighted by atomic mass is 10.2. The van der Waals surface area contributed by atoms with E-state index in [4.69, 9.17) is 4.74 Å². The third-order valence-corrected chi connectivity index (χ3v) is 3.46. The number of nitrogens with one attached hydrogen (secondary N) is 2. The molecule has 0 fully saturated rings. The number of carbonyl (C=O) groups is 2. The van der Waals surface area contributed by atoms with E-state index in [0.717, 1.165) is 5.52 Å². The van der Waals surface area contributed by atoms with Gasteiger partial charge in [0.05, 0.1) is 12.1 Å². The smallest absolute Gasteiger partial charge is 0.269 e. The lowest BCUT2D eigenvalue weighted by Crippen LogP contribution is -2.43. The van der Waals surface area contributed by atoms with Crippen molar-refractivity contribution in [2.45, 2.75) is 13.5 Å². The maximum atomic E-state index is 12.0. The van der Waals surface area contributed by atoms with Crippen LogP contribution in [0, 0.1) is 0 Å². The van der Waals surface area contributed by atoms with E-state index >= 15 is 0 Å². The van der Waals surface area contributed by atoms with Gasteiger partial charge >= 0.3 is 0 Å². The van der Waals surface area contributed by atoms with Gasteiger partial charge in [0.2, 0.25) is 0 Å². The molecule has 2 amide bonds. The Labute approximate surface area is 143 Å². The van der Waals surface area contributed by atoms with Crippen LogP contribution in [0.5, 0.6) is 5.75 Å². The van der Waals surface area contributed by atoms with Gasteiger partial charge in [-0.1, -0.05) is 17.3 Å². The number of para-hydroxylation sites is 1. The molecular formula is C17H17N5O3. The van der Waals surface area contributed by atoms with Crippen molar-refractivity contribution in [3.05, 3.63) is 54.1 Å². The Bertz CT molecular complexity index is 889. The van der Waals surface area contributed by atoms with Crippen molar-refractivity contribution >= 4 is 22.8 Å². The molecule has 3 rings (SSSR count). The van der Waals surface area contributed by atoms with Crippen LogP contribution in [0.2, 0.25) is 0 Å². The van der Waals surface area contributed by atoms with Crippen molar-refractivity contribution in [1.29, 1.82) is 0 Å². The van der Waals surface area contributed by atoms with E-state index in [1.165, 1.54) is 4.68 Å². The fourth-order valence-electron chi connectivity index (χ4n) is 2.28. The molecule has 8 nitrogen and oxygen atoms in total. The van der Waals surface area contributed by atoms with Crippen molar-refractivity contribution in [2.24, 2.45) is 0 Å². The number of hydrogen-bond acceptors (Lipinski definition) is 5. The molecule has 3 aromatic rings. The van der Waals surface area contributed by atoms with Gasteiger partial charge < -0.3 is 4.74 Å². The first-order valence-electron chi connectivity index (χ1n) is 7.77. The molecule has 2 N–H and O–H groups in total. The Morgan fingerprint density at radius 3 is 2.60 bits per heavy atom. The SMILES string of the molecule is CCOc1ccc(C(=O)NNC(=O)Cn2nnc3ccccc32)cc1. The summed E-state index contributed by atoms with van der Waals surface area (Å²) in [5.74, 6) is -0.143. The van der Waals surface area contributed by atoms with E-state index in [0.29, 0.717) is 23.4 Å². The molecule has 0 radical (unpaired) electrons. The number of rotatable bonds is 5. The van der Waals surface area contributed by atoms with Gasteiger partial charge in [0.15, 0.2) is 0 Å². The summed E-state index contributed by atoms with van der Waals surface area (Å²) >= 11 is 0. The number of aromatic nitrogens is 3. The fraction of sp³-hybridized carbons (Fsp3) is 0.176. The summed E-state index contributed by atoms with van der Waals surface area (Å²) in [5, 5.41) is 7.90. The van der Waals surface area contributed by atoms with Crippen LogP contribution in [-0.4, -0.2) is 33.4 Å². The molecule has 0 unspecified atom stereocenters. The molecule has 0 aliphatic carbocycles. The van der Waals surface area contributed by atoms with E-state index in [9.17, 15) is 9.59 Å². The Balaban J connectivity index is 1.55. The minimum Gasteiger partial charge on any atom is -0.494 e. The number of amides is 2. The second-order valence-electron chi connectivity index (χ2n) is 5.20. The van der Waals surface area contributed by atoms with Crippen LogP contribution in [-0.2, 0) is 11.3 Å². The number of nitrogens with zero attached hydrogens (tertiary/aromatic N) is 3. The van der Waals surface area contributed by atoms with Gasteiger partial charge in [0.25, 0.3) is 11.8 Å². The van der Waals surface area contributed by atoms with Crippen LogP contribution in [0.25, 0.3) is 11.0 Å². The highest BCUT2D eigenvalue weighted by Gasteiger charge is 2.10. The second kappa shape index (κ2) is 7.43. The Morgan fingerprint density at radius 1 is 1.08 bits per heavy atom. The molecule has 0 atom stereocenters. The molecule has 0 bridgehead atoms. The van der Waals surface area contributed by atoms with Crippen LogP contribution in [0.4, 0.5) is 0 Å². The highest BCUT2D eigenvalue weighted by Crippen LogP contribution is 2.12. The van der Waals surface area contributed by atoms with Crippen molar-refractivity contribution in [2.75, 3.05) is 6.61 Å². The largest absolute Gasteiger partial charge is 0.494 e. The number of fused-ring (bicyclic) bond motifs is 1. The molecule has 0 aliphatic heterocycles. The zero-order valence-corrected chi connectivity index (χ0v) is 13.6. The number of ether oxygens (including phenoxy) is 1. The zero-order chi connectivity index (χ0) is 17.6. The van der Waals surface area contributed by atoms with Gasteiger partial charge in [-0.25, -0.2) is 4.68 Å². The van der Waals surface area contributed by atoms with Gasteiger partial charge in [-0.15, -0.1) is 5.10 Å². The topological polar surface area (TPSA) is 98.1 Å². The van der Waals surface area contributed by atoms with Gasteiger partial charge in [-0.2, -0.15) is 0 Å². The van der Waals surface area contributed by atoms with E-state index < -0.39 is 11.8 Å². The standard InChI is InChI=1S/C17H17N5O3/c1-2-25-13-9-7-12(8-10-13)17(24)20-19-16(23)11-22-15-6-4-3-5-14(15)18-21-22/h3-10H,2,11H2,1H3,(H,19,23)(H,20,24). The molecule has 0 aliphatic rings. The lowest BCUT2D eigenvalue weighted by molar-refractivity contribution is -0.122. The lowest BCUT2D eigenvalue weighted by Gasteiger charge is -2.08. The Hall–Kier alpha value is -3.42. The predicted molar refractivity (Wildman–Crippen MR) is 90.7 cm³/mol. The zero-order valence-electron chi connectivity index (χ0n) is 13.6. The predicted octanol–water partition coefficient (Wildman–Crippen LogP) is 1.29. The molecule has 2 aromatic carbocycles. The van der Waals surface area contributed by atoms with Crippen molar-refractivity contribution in [1.82, 2.24) is 25.8 Å². The maximum Gasteiger partial charge on any atom is 0.269 e. The first kappa shape index (κ1) is 16.4. The molecular weight excluding hydrogens is 322 g/mol. The third kappa shape index (κ3) is 3.92. The summed E-state index contributed by atoms with van der Waals surface area (Å²) in [7, 11) is 0. The van der Waals surface area contributed by atoms with Crippen LogP contribution in [0.1, 0.15) is 17.3 Å². The first-order valence-corrected chi connectivity index (χ1v) is 7.77. The molecule has 0 saturated carbocycles. The molecule has 128 valence electrons. The molecule has 1 heterocycles. The summed E-state index contributed by atoms with van der Waals surface area (Å²) in [6.07, 6.45) is 0. The number of hydrazine groups is 1. The summed E-state index contributed by atoms with van der Waals surface area (Å²) in [4.78, 5) is 24.0. The number of benzene rings is 2. The minimum absolute atomic E-state index is 0.0515. The summed E-state index contributed by atoms with van der Waals surface area (Å²) in [6, 6.07) is 14.0. The van der Waals surface area contributed by atoms with E-state index in [2.05, 4.69) is 21.2 Å². The van der Waals surface area contributed by atoms with Crippen LogP contribution in [0.3, 0.4) is 0 Å². The highest BCUT2D eigenvalue weighted by molar-refractivity contribution is 5.95. The highest BCUT2D eigenvalue weighted by atomic mass is 16.5. The molecule has 1 aromatic heterocycles. The van der Waals surface area contributed by atoms with E-state index in [-0.39, 0.29) is 6.54 Å². The molecule has 25 heavy (non-hydrogen) atoms. The molecule has 0 saturated heterocycles. The van der Waals surface area contributed by atoms with Gasteiger partial charge in [-0.3, -0.25) is 20.4 Å². The number of carbonyl (C=O) groups excluding carboxylic acids is 2. The minimum atomic E-state index is -0.417. The first-order chi connectivity index (χ1) is 12.2. The summed E-state index contributed by atoms with van der Waals surface area (Å²) in [6.45, 7) is 2.39. The van der Waals surface area contributed by atoms with Crippen molar-refractivity contribution in [3.8, 4) is 5.75 Å².